The van der Waals surface area contributed by atoms with Gasteiger partial charge in [0.2, 0.25) is 0 Å². The van der Waals surface area contributed by atoms with Gasteiger partial charge in [-0.1, -0.05) is 109 Å². The Hall–Kier alpha value is -2.31. The van der Waals surface area contributed by atoms with Crippen LogP contribution in [0.3, 0.4) is 0 Å². The molecule has 3 aliphatic rings. The fraction of sp³-hybridized carbons (Fsp3) is 0.111. The van der Waals surface area contributed by atoms with Crippen LogP contribution in [0.5, 0.6) is 0 Å². The summed E-state index contributed by atoms with van der Waals surface area (Å²) >= 11 is 0. The fourth-order valence-corrected chi connectivity index (χ4v) is 9.18. The maximum atomic E-state index is 2.49. The second kappa shape index (κ2) is 7.50. The molecular formula is C27H22LiSi. The summed E-state index contributed by atoms with van der Waals surface area (Å²) in [7, 11) is -0.874. The molecule has 135 valence electrons. The van der Waals surface area contributed by atoms with Gasteiger partial charge in [-0.05, 0) is 50.0 Å². The standard InChI is InChI=1S/C27H21Si.Li.H/c1-4-10-22-19(7-1)13-16-25(22)28(26-17-14-20-8-2-5-11-23(20)26)27-18-15-21-9-3-6-12-24(21)27;;/h1-18,25-27H;;/q;+1;-1. The van der Waals surface area contributed by atoms with Gasteiger partial charge in [0.15, 0.2) is 0 Å². The molecule has 3 unspecified atom stereocenters. The van der Waals surface area contributed by atoms with E-state index >= 15 is 0 Å². The van der Waals surface area contributed by atoms with Gasteiger partial charge in [-0.3, -0.25) is 0 Å². The Morgan fingerprint density at radius 2 is 0.793 bits per heavy atom. The maximum Gasteiger partial charge on any atom is 1.00 e. The third kappa shape index (κ3) is 2.97. The van der Waals surface area contributed by atoms with Crippen LogP contribution in [0, 0.1) is 0 Å². The number of benzene rings is 3. The van der Waals surface area contributed by atoms with Gasteiger partial charge in [0, 0.05) is 0 Å². The first-order valence-electron chi connectivity index (χ1n) is 10.1. The summed E-state index contributed by atoms with van der Waals surface area (Å²) in [4.78, 5) is 0. The molecule has 3 aromatic carbocycles. The summed E-state index contributed by atoms with van der Waals surface area (Å²) in [5.41, 5.74) is 10.4. The molecule has 3 aliphatic carbocycles. The topological polar surface area (TPSA) is 0 Å². The first-order valence-corrected chi connectivity index (χ1v) is 11.8. The Labute approximate surface area is 188 Å². The third-order valence-corrected chi connectivity index (χ3v) is 10.1. The van der Waals surface area contributed by atoms with Crippen LogP contribution in [0.25, 0.3) is 18.2 Å². The zero-order chi connectivity index (χ0) is 18.5. The van der Waals surface area contributed by atoms with E-state index in [4.69, 9.17) is 0 Å². The van der Waals surface area contributed by atoms with Crippen molar-refractivity contribution >= 4 is 27.0 Å². The molecule has 6 rings (SSSR count). The Kier molecular flexibility index (Phi) is 4.84. The van der Waals surface area contributed by atoms with E-state index in [2.05, 4.69) is 109 Å². The van der Waals surface area contributed by atoms with Crippen LogP contribution >= 0.6 is 0 Å². The van der Waals surface area contributed by atoms with Crippen molar-refractivity contribution in [2.45, 2.75) is 16.6 Å². The Balaban J connectivity index is 0.00000109. The van der Waals surface area contributed by atoms with Gasteiger partial charge in [0.1, 0.15) is 0 Å². The monoisotopic (exact) mass is 381 g/mol. The van der Waals surface area contributed by atoms with Crippen molar-refractivity contribution in [3.63, 3.8) is 0 Å². The molecule has 0 nitrogen and oxygen atoms in total. The molecule has 3 atom stereocenters. The minimum Gasteiger partial charge on any atom is -1.00 e. The van der Waals surface area contributed by atoms with Crippen molar-refractivity contribution in [3.05, 3.63) is 124 Å². The van der Waals surface area contributed by atoms with Gasteiger partial charge >= 0.3 is 18.9 Å². The van der Waals surface area contributed by atoms with E-state index in [-0.39, 0.29) is 20.3 Å². The zero-order valence-electron chi connectivity index (χ0n) is 17.6. The van der Waals surface area contributed by atoms with Crippen LogP contribution in [0.2, 0.25) is 0 Å². The number of hydrogen-bond acceptors (Lipinski definition) is 0. The van der Waals surface area contributed by atoms with Crippen molar-refractivity contribution in [2.24, 2.45) is 0 Å². The number of fused-ring (bicyclic) bond motifs is 3. The van der Waals surface area contributed by atoms with E-state index in [0.29, 0.717) is 16.6 Å². The first kappa shape index (κ1) is 18.7. The summed E-state index contributed by atoms with van der Waals surface area (Å²) < 4.78 is 0. The number of rotatable bonds is 3. The molecule has 3 aromatic rings. The predicted octanol–water partition coefficient (Wildman–Crippen LogP) is 3.65. The third-order valence-electron chi connectivity index (χ3n) is 6.48. The summed E-state index contributed by atoms with van der Waals surface area (Å²) in [5, 5.41) is 0. The van der Waals surface area contributed by atoms with Crippen LogP contribution in [-0.4, -0.2) is 8.80 Å². The smallest absolute Gasteiger partial charge is 1.00 e. The van der Waals surface area contributed by atoms with Crippen molar-refractivity contribution in [3.8, 4) is 0 Å². The molecule has 0 aliphatic heterocycles. The van der Waals surface area contributed by atoms with Crippen molar-refractivity contribution < 1.29 is 20.3 Å². The zero-order valence-corrected chi connectivity index (χ0v) is 17.6. The largest absolute Gasteiger partial charge is 1.00 e. The summed E-state index contributed by atoms with van der Waals surface area (Å²) in [6, 6.07) is 26.9. The van der Waals surface area contributed by atoms with E-state index in [0.717, 1.165) is 0 Å². The van der Waals surface area contributed by atoms with Gasteiger partial charge in [0.25, 0.3) is 0 Å². The average molecular weight is 382 g/mol. The van der Waals surface area contributed by atoms with Gasteiger partial charge < -0.3 is 1.43 Å². The Morgan fingerprint density at radius 1 is 0.483 bits per heavy atom. The summed E-state index contributed by atoms with van der Waals surface area (Å²) in [6.45, 7) is 0. The molecule has 0 bridgehead atoms. The summed E-state index contributed by atoms with van der Waals surface area (Å²) in [6.07, 6.45) is 14.5. The van der Waals surface area contributed by atoms with Crippen LogP contribution in [-0.2, 0) is 0 Å². The predicted molar refractivity (Wildman–Crippen MR) is 122 cm³/mol. The molecule has 0 heterocycles. The van der Waals surface area contributed by atoms with Gasteiger partial charge in [0.05, 0.1) is 8.80 Å². The van der Waals surface area contributed by atoms with E-state index in [1.54, 1.807) is 0 Å². The minimum atomic E-state index is -0.874. The molecule has 0 fully saturated rings. The Bertz CT molecular complexity index is 1020. The van der Waals surface area contributed by atoms with Crippen LogP contribution in [0.4, 0.5) is 0 Å². The molecule has 0 saturated carbocycles. The molecule has 0 aromatic heterocycles. The molecule has 1 radical (unpaired) electrons. The number of hydrogen-bond donors (Lipinski definition) is 0. The van der Waals surface area contributed by atoms with Crippen molar-refractivity contribution in [1.82, 2.24) is 0 Å². The maximum absolute atomic E-state index is 2.49. The number of allylic oxidation sites excluding steroid dienone is 3. The summed E-state index contributed by atoms with van der Waals surface area (Å²) in [5.74, 6) is 0. The molecule has 29 heavy (non-hydrogen) atoms. The normalized spacial score (nSPS) is 22.4. The molecule has 0 spiro atoms. The van der Waals surface area contributed by atoms with E-state index in [1.165, 1.54) is 33.4 Å². The average Bonchev–Trinajstić information content (AvgIpc) is 3.47. The van der Waals surface area contributed by atoms with Gasteiger partial charge in [-0.15, -0.1) is 0 Å². The second-order valence-corrected chi connectivity index (χ2v) is 10.8. The van der Waals surface area contributed by atoms with E-state index in [1.807, 2.05) is 0 Å². The van der Waals surface area contributed by atoms with Crippen LogP contribution in [0.1, 0.15) is 51.4 Å². The van der Waals surface area contributed by atoms with Crippen molar-refractivity contribution in [1.29, 1.82) is 0 Å². The van der Waals surface area contributed by atoms with Crippen LogP contribution < -0.4 is 18.9 Å². The van der Waals surface area contributed by atoms with E-state index in [9.17, 15) is 0 Å². The van der Waals surface area contributed by atoms with Crippen molar-refractivity contribution in [2.75, 3.05) is 0 Å². The van der Waals surface area contributed by atoms with E-state index < -0.39 is 8.80 Å². The quantitative estimate of drug-likeness (QED) is 0.608. The molecule has 0 saturated heterocycles. The van der Waals surface area contributed by atoms with Crippen LogP contribution in [0.15, 0.2) is 91.0 Å². The molecule has 0 amide bonds. The minimum absolute atomic E-state index is 0. The van der Waals surface area contributed by atoms with Gasteiger partial charge in [-0.25, -0.2) is 0 Å². The van der Waals surface area contributed by atoms with Gasteiger partial charge in [-0.2, -0.15) is 0 Å². The fourth-order valence-electron chi connectivity index (χ4n) is 5.20. The SMILES string of the molecule is C1=CC([Si](C2C=Cc3ccccc32)C2C=Cc3ccccc32)c2ccccc21.[H-].[Li+]. The molecule has 0 N–H and O–H groups in total. The molecule has 2 heteroatoms. The molecular weight excluding hydrogens is 359 g/mol. The second-order valence-electron chi connectivity index (χ2n) is 7.90. The Morgan fingerprint density at radius 3 is 1.14 bits per heavy atom. The first-order chi connectivity index (χ1) is 13.9.